The molecule has 5 nitrogen and oxygen atoms in total. The number of H-pyrrole nitrogens is 1. The maximum atomic E-state index is 11.8. The summed E-state index contributed by atoms with van der Waals surface area (Å²) in [7, 11) is 0. The summed E-state index contributed by atoms with van der Waals surface area (Å²) in [6.07, 6.45) is 2.70. The summed E-state index contributed by atoms with van der Waals surface area (Å²) in [4.78, 5) is 18.8. The van der Waals surface area contributed by atoms with Crippen molar-refractivity contribution in [2.24, 2.45) is 5.10 Å². The molecule has 0 aliphatic carbocycles. The van der Waals surface area contributed by atoms with Crippen LogP contribution in [0, 0.1) is 0 Å². The zero-order valence-electron chi connectivity index (χ0n) is 13.4. The van der Waals surface area contributed by atoms with Gasteiger partial charge in [0.15, 0.2) is 0 Å². The van der Waals surface area contributed by atoms with Crippen molar-refractivity contribution in [1.82, 2.24) is 9.97 Å². The Bertz CT molecular complexity index is 883. The van der Waals surface area contributed by atoms with E-state index in [9.17, 15) is 4.79 Å². The van der Waals surface area contributed by atoms with Crippen LogP contribution < -0.4 is 11.0 Å². The smallest absolute Gasteiger partial charge is 0.252 e. The van der Waals surface area contributed by atoms with Crippen molar-refractivity contribution < 1.29 is 0 Å². The lowest BCUT2D eigenvalue weighted by molar-refractivity contribution is 1.09. The zero-order valence-corrected chi connectivity index (χ0v) is 13.4. The topological polar surface area (TPSA) is 70.1 Å². The molecular weight excluding hydrogens is 300 g/mol. The van der Waals surface area contributed by atoms with Gasteiger partial charge in [0.2, 0.25) is 5.95 Å². The summed E-state index contributed by atoms with van der Waals surface area (Å²) in [5.41, 5.74) is 6.28. The summed E-state index contributed by atoms with van der Waals surface area (Å²) < 4.78 is 0. The molecule has 0 unspecified atom stereocenters. The highest BCUT2D eigenvalue weighted by atomic mass is 16.1. The summed E-state index contributed by atoms with van der Waals surface area (Å²) in [6.45, 7) is 2.12. The van der Waals surface area contributed by atoms with Gasteiger partial charge in [-0.3, -0.25) is 9.78 Å². The number of hydrazone groups is 1. The number of benzene rings is 2. The van der Waals surface area contributed by atoms with Gasteiger partial charge < -0.3 is 0 Å². The first-order chi connectivity index (χ1) is 11.7. The summed E-state index contributed by atoms with van der Waals surface area (Å²) in [6, 6.07) is 19.1. The lowest BCUT2D eigenvalue weighted by Gasteiger charge is -2.03. The Morgan fingerprint density at radius 2 is 1.88 bits per heavy atom. The van der Waals surface area contributed by atoms with E-state index in [1.165, 1.54) is 11.6 Å². The lowest BCUT2D eigenvalue weighted by Crippen LogP contribution is -2.10. The maximum Gasteiger partial charge on any atom is 0.252 e. The molecule has 0 fully saturated rings. The number of nitrogens with zero attached hydrogens (tertiary/aromatic N) is 2. The van der Waals surface area contributed by atoms with Crippen molar-refractivity contribution >= 4 is 12.2 Å². The first kappa shape index (κ1) is 15.7. The van der Waals surface area contributed by atoms with Gasteiger partial charge in [0.1, 0.15) is 0 Å². The van der Waals surface area contributed by atoms with Gasteiger partial charge in [-0.2, -0.15) is 5.10 Å². The molecule has 2 aromatic carbocycles. The molecular formula is C19H18N4O. The normalized spacial score (nSPS) is 10.9. The summed E-state index contributed by atoms with van der Waals surface area (Å²) in [5, 5.41) is 4.14. The molecule has 0 radical (unpaired) electrons. The number of aromatic amines is 1. The van der Waals surface area contributed by atoms with Crippen LogP contribution in [0.15, 0.2) is 70.6 Å². The van der Waals surface area contributed by atoms with Gasteiger partial charge in [0.25, 0.3) is 5.56 Å². The third-order valence-electron chi connectivity index (χ3n) is 3.58. The minimum Gasteiger partial charge on any atom is -0.291 e. The van der Waals surface area contributed by atoms with E-state index in [-0.39, 0.29) is 5.56 Å². The molecule has 3 rings (SSSR count). The molecule has 0 bridgehead atoms. The van der Waals surface area contributed by atoms with Gasteiger partial charge in [0.05, 0.1) is 11.9 Å². The van der Waals surface area contributed by atoms with Crippen molar-refractivity contribution in [1.29, 1.82) is 0 Å². The van der Waals surface area contributed by atoms with Crippen molar-refractivity contribution in [2.45, 2.75) is 13.3 Å². The van der Waals surface area contributed by atoms with Gasteiger partial charge in [-0.05, 0) is 17.5 Å². The minimum atomic E-state index is -0.228. The number of anilines is 1. The SMILES string of the molecule is CCc1ccc(/C=N/Nc2nc(-c3ccccc3)cc(=O)[nH]2)cc1. The van der Waals surface area contributed by atoms with Gasteiger partial charge in [-0.25, -0.2) is 10.4 Å². The second kappa shape index (κ2) is 7.37. The molecule has 1 aromatic heterocycles. The second-order valence-corrected chi connectivity index (χ2v) is 5.31. The predicted octanol–water partition coefficient (Wildman–Crippen LogP) is 3.45. The molecule has 0 saturated heterocycles. The molecule has 0 atom stereocenters. The molecule has 3 aromatic rings. The van der Waals surface area contributed by atoms with Gasteiger partial charge in [0, 0.05) is 11.6 Å². The fourth-order valence-corrected chi connectivity index (χ4v) is 2.27. The average molecular weight is 318 g/mol. The van der Waals surface area contributed by atoms with E-state index in [1.807, 2.05) is 42.5 Å². The summed E-state index contributed by atoms with van der Waals surface area (Å²) >= 11 is 0. The van der Waals surface area contributed by atoms with E-state index in [2.05, 4.69) is 39.6 Å². The van der Waals surface area contributed by atoms with Crippen molar-refractivity contribution in [2.75, 3.05) is 5.43 Å². The fraction of sp³-hybridized carbons (Fsp3) is 0.105. The van der Waals surface area contributed by atoms with Crippen LogP contribution in [0.2, 0.25) is 0 Å². The molecule has 0 spiro atoms. The number of rotatable bonds is 5. The molecule has 0 aliphatic rings. The van der Waals surface area contributed by atoms with Crippen LogP contribution in [0.1, 0.15) is 18.1 Å². The van der Waals surface area contributed by atoms with Crippen LogP contribution in [-0.2, 0) is 6.42 Å². The number of aromatic nitrogens is 2. The molecule has 0 amide bonds. The Morgan fingerprint density at radius 3 is 2.58 bits per heavy atom. The highest BCUT2D eigenvalue weighted by molar-refractivity contribution is 5.80. The number of aryl methyl sites for hydroxylation is 1. The van der Waals surface area contributed by atoms with E-state index in [1.54, 1.807) is 6.21 Å². The van der Waals surface area contributed by atoms with Crippen molar-refractivity contribution in [3.8, 4) is 11.3 Å². The van der Waals surface area contributed by atoms with E-state index in [0.29, 0.717) is 11.6 Å². The van der Waals surface area contributed by atoms with E-state index in [0.717, 1.165) is 17.5 Å². The first-order valence-corrected chi connectivity index (χ1v) is 7.79. The van der Waals surface area contributed by atoms with Crippen LogP contribution in [0.3, 0.4) is 0 Å². The third kappa shape index (κ3) is 3.95. The lowest BCUT2D eigenvalue weighted by atomic mass is 10.1. The van der Waals surface area contributed by atoms with Crippen LogP contribution in [-0.4, -0.2) is 16.2 Å². The molecule has 24 heavy (non-hydrogen) atoms. The van der Waals surface area contributed by atoms with Crippen LogP contribution >= 0.6 is 0 Å². The quantitative estimate of drug-likeness (QED) is 0.559. The van der Waals surface area contributed by atoms with Gasteiger partial charge in [-0.15, -0.1) is 0 Å². The molecule has 2 N–H and O–H groups in total. The van der Waals surface area contributed by atoms with Crippen LogP contribution in [0.4, 0.5) is 5.95 Å². The molecule has 1 heterocycles. The second-order valence-electron chi connectivity index (χ2n) is 5.31. The number of hydrogen-bond donors (Lipinski definition) is 2. The fourth-order valence-electron chi connectivity index (χ4n) is 2.27. The Kier molecular flexibility index (Phi) is 4.81. The van der Waals surface area contributed by atoms with E-state index >= 15 is 0 Å². The molecule has 0 saturated carbocycles. The molecule has 120 valence electrons. The van der Waals surface area contributed by atoms with Gasteiger partial charge >= 0.3 is 0 Å². The minimum absolute atomic E-state index is 0.228. The highest BCUT2D eigenvalue weighted by Crippen LogP contribution is 2.15. The van der Waals surface area contributed by atoms with Crippen LogP contribution in [0.5, 0.6) is 0 Å². The van der Waals surface area contributed by atoms with Crippen molar-refractivity contribution in [3.05, 3.63) is 82.1 Å². The van der Waals surface area contributed by atoms with E-state index < -0.39 is 0 Å². The third-order valence-corrected chi connectivity index (χ3v) is 3.58. The average Bonchev–Trinajstić information content (AvgIpc) is 2.63. The highest BCUT2D eigenvalue weighted by Gasteiger charge is 2.02. The number of nitrogens with one attached hydrogen (secondary N) is 2. The van der Waals surface area contributed by atoms with E-state index in [4.69, 9.17) is 0 Å². The predicted molar refractivity (Wildman–Crippen MR) is 97.3 cm³/mol. The Hall–Kier alpha value is -3.21. The largest absolute Gasteiger partial charge is 0.291 e. The standard InChI is InChI=1S/C19H18N4O/c1-2-14-8-10-15(11-9-14)13-20-23-19-21-17(12-18(24)22-19)16-6-4-3-5-7-16/h3-13H,2H2,1H3,(H2,21,22,23,24)/b20-13+. The summed E-state index contributed by atoms with van der Waals surface area (Å²) in [5.74, 6) is 0.308. The Morgan fingerprint density at radius 1 is 1.12 bits per heavy atom. The molecule has 5 heteroatoms. The molecule has 0 aliphatic heterocycles. The van der Waals surface area contributed by atoms with Crippen LogP contribution in [0.25, 0.3) is 11.3 Å². The monoisotopic (exact) mass is 318 g/mol. The first-order valence-electron chi connectivity index (χ1n) is 7.79. The maximum absolute atomic E-state index is 11.8. The van der Waals surface area contributed by atoms with Gasteiger partial charge in [-0.1, -0.05) is 61.5 Å². The van der Waals surface area contributed by atoms with Crippen molar-refractivity contribution in [3.63, 3.8) is 0 Å². The zero-order chi connectivity index (χ0) is 16.8. The Balaban J connectivity index is 1.76. The number of hydrogen-bond acceptors (Lipinski definition) is 4. The Labute approximate surface area is 140 Å².